The van der Waals surface area contributed by atoms with Crippen LogP contribution in [0.4, 0.5) is 18.9 Å². The lowest BCUT2D eigenvalue weighted by atomic mass is 10.2. The molecule has 0 aromatic heterocycles. The number of halogens is 4. The van der Waals surface area contributed by atoms with E-state index in [2.05, 4.69) is 5.32 Å². The average Bonchev–Trinajstić information content (AvgIpc) is 2.50. The van der Waals surface area contributed by atoms with Crippen LogP contribution in [0.15, 0.2) is 30.3 Å². The van der Waals surface area contributed by atoms with Crippen LogP contribution in [0, 0.1) is 24.4 Å². The van der Waals surface area contributed by atoms with E-state index < -0.39 is 35.2 Å². The fourth-order valence-electron chi connectivity index (χ4n) is 1.85. The van der Waals surface area contributed by atoms with Crippen LogP contribution in [-0.4, -0.2) is 12.0 Å². The van der Waals surface area contributed by atoms with Gasteiger partial charge in [-0.15, -0.1) is 0 Å². The molecule has 2 aromatic carbocycles. The molecule has 2 rings (SSSR count). The first-order valence-electron chi connectivity index (χ1n) is 6.66. The maximum absolute atomic E-state index is 13.5. The summed E-state index contributed by atoms with van der Waals surface area (Å²) >= 11 is 5.83. The molecule has 0 saturated heterocycles. The third kappa shape index (κ3) is 3.96. The molecule has 0 radical (unpaired) electrons. The van der Waals surface area contributed by atoms with Crippen LogP contribution < -0.4 is 10.1 Å². The van der Waals surface area contributed by atoms with Crippen LogP contribution in [0.2, 0.25) is 5.02 Å². The third-order valence-corrected chi connectivity index (χ3v) is 3.34. The van der Waals surface area contributed by atoms with E-state index in [4.69, 9.17) is 16.3 Å². The third-order valence-electron chi connectivity index (χ3n) is 3.10. The van der Waals surface area contributed by atoms with E-state index in [0.29, 0.717) is 10.8 Å². The number of hydrogen-bond donors (Lipinski definition) is 1. The monoisotopic (exact) mass is 343 g/mol. The van der Waals surface area contributed by atoms with Crippen molar-refractivity contribution in [1.29, 1.82) is 0 Å². The summed E-state index contributed by atoms with van der Waals surface area (Å²) in [6, 6.07) is 6.52. The van der Waals surface area contributed by atoms with Gasteiger partial charge in [0, 0.05) is 5.02 Å². The topological polar surface area (TPSA) is 38.3 Å². The van der Waals surface area contributed by atoms with Gasteiger partial charge in [-0.1, -0.05) is 11.6 Å². The highest BCUT2D eigenvalue weighted by Gasteiger charge is 2.20. The summed E-state index contributed by atoms with van der Waals surface area (Å²) in [6.45, 7) is 3.20. The van der Waals surface area contributed by atoms with Crippen LogP contribution >= 0.6 is 11.6 Å². The zero-order valence-electron chi connectivity index (χ0n) is 12.3. The number of rotatable bonds is 4. The second kappa shape index (κ2) is 6.91. The Morgan fingerprint density at radius 3 is 2.52 bits per heavy atom. The summed E-state index contributed by atoms with van der Waals surface area (Å²) in [5.74, 6) is -4.72. The lowest BCUT2D eigenvalue weighted by Gasteiger charge is -2.16. The van der Waals surface area contributed by atoms with Crippen molar-refractivity contribution in [3.8, 4) is 5.75 Å². The fraction of sp³-hybridized carbons (Fsp3) is 0.188. The first-order chi connectivity index (χ1) is 10.8. The van der Waals surface area contributed by atoms with Crippen LogP contribution in [0.25, 0.3) is 0 Å². The Morgan fingerprint density at radius 2 is 1.87 bits per heavy atom. The summed E-state index contributed by atoms with van der Waals surface area (Å²) in [7, 11) is 0. The average molecular weight is 344 g/mol. The quantitative estimate of drug-likeness (QED) is 0.832. The van der Waals surface area contributed by atoms with Crippen LogP contribution in [0.1, 0.15) is 12.5 Å². The van der Waals surface area contributed by atoms with E-state index in [9.17, 15) is 18.0 Å². The Morgan fingerprint density at radius 1 is 1.17 bits per heavy atom. The summed E-state index contributed by atoms with van der Waals surface area (Å²) in [5, 5.41) is 2.68. The summed E-state index contributed by atoms with van der Waals surface area (Å²) in [5.41, 5.74) is 0.258. The van der Waals surface area contributed by atoms with Gasteiger partial charge in [-0.25, -0.2) is 13.2 Å². The number of hydrogen-bond acceptors (Lipinski definition) is 2. The number of carbonyl (C=O) groups excluding carboxylic acids is 1. The highest BCUT2D eigenvalue weighted by atomic mass is 35.5. The molecule has 122 valence electrons. The maximum atomic E-state index is 13.5. The molecular formula is C16H13ClF3NO2. The molecule has 3 nitrogen and oxygen atoms in total. The van der Waals surface area contributed by atoms with Gasteiger partial charge in [-0.3, -0.25) is 4.79 Å². The second-order valence-corrected chi connectivity index (χ2v) is 5.32. The SMILES string of the molecule is Cc1cc(Cl)ccc1O[C@H](C)C(=O)Nc1ccc(F)c(F)c1F. The Balaban J connectivity index is 2.10. The lowest BCUT2D eigenvalue weighted by molar-refractivity contribution is -0.122. The molecule has 0 aliphatic heterocycles. The zero-order valence-corrected chi connectivity index (χ0v) is 13.0. The van der Waals surface area contributed by atoms with E-state index in [1.807, 2.05) is 0 Å². The van der Waals surface area contributed by atoms with Gasteiger partial charge in [-0.2, -0.15) is 0 Å². The van der Waals surface area contributed by atoms with Crippen molar-refractivity contribution in [3.63, 3.8) is 0 Å². The first-order valence-corrected chi connectivity index (χ1v) is 7.04. The Hall–Kier alpha value is -2.21. The largest absolute Gasteiger partial charge is 0.481 e. The maximum Gasteiger partial charge on any atom is 0.265 e. The molecule has 1 N–H and O–H groups in total. The molecule has 0 aliphatic rings. The molecule has 7 heteroatoms. The predicted octanol–water partition coefficient (Wildman–Crippen LogP) is 4.47. The number of nitrogens with one attached hydrogen (secondary N) is 1. The number of benzene rings is 2. The van der Waals surface area contributed by atoms with Gasteiger partial charge in [0.2, 0.25) is 0 Å². The number of ether oxygens (including phenoxy) is 1. The molecule has 1 amide bonds. The normalized spacial score (nSPS) is 11.9. The fourth-order valence-corrected chi connectivity index (χ4v) is 2.07. The van der Waals surface area contributed by atoms with Gasteiger partial charge in [0.15, 0.2) is 23.6 Å². The molecular weight excluding hydrogens is 331 g/mol. The van der Waals surface area contributed by atoms with E-state index in [0.717, 1.165) is 17.7 Å². The molecule has 23 heavy (non-hydrogen) atoms. The van der Waals surface area contributed by atoms with E-state index in [-0.39, 0.29) is 0 Å². The standard InChI is InChI=1S/C16H13ClF3NO2/c1-8-7-10(17)3-6-13(8)23-9(2)16(22)21-12-5-4-11(18)14(19)15(12)20/h3-7,9H,1-2H3,(H,21,22)/t9-/m1/s1. The van der Waals surface area contributed by atoms with Crippen molar-refractivity contribution in [2.24, 2.45) is 0 Å². The molecule has 0 saturated carbocycles. The van der Waals surface area contributed by atoms with Crippen molar-refractivity contribution in [1.82, 2.24) is 0 Å². The van der Waals surface area contributed by atoms with Crippen LogP contribution in [-0.2, 0) is 4.79 Å². The van der Waals surface area contributed by atoms with Gasteiger partial charge in [0.25, 0.3) is 5.91 Å². The number of aryl methyl sites for hydroxylation is 1. The summed E-state index contributed by atoms with van der Waals surface area (Å²) < 4.78 is 45.0. The molecule has 0 aliphatic carbocycles. The number of anilines is 1. The molecule has 0 heterocycles. The molecule has 2 aromatic rings. The van der Waals surface area contributed by atoms with Crippen molar-refractivity contribution in [2.45, 2.75) is 20.0 Å². The molecule has 0 unspecified atom stereocenters. The Bertz CT molecular complexity index is 752. The van der Waals surface area contributed by atoms with Crippen molar-refractivity contribution in [2.75, 3.05) is 5.32 Å². The van der Waals surface area contributed by atoms with E-state index in [1.165, 1.54) is 6.92 Å². The van der Waals surface area contributed by atoms with Gasteiger partial charge < -0.3 is 10.1 Å². The van der Waals surface area contributed by atoms with Crippen molar-refractivity contribution < 1.29 is 22.7 Å². The molecule has 0 fully saturated rings. The minimum atomic E-state index is -1.65. The number of amides is 1. The van der Waals surface area contributed by atoms with Gasteiger partial charge in [0.1, 0.15) is 5.75 Å². The van der Waals surface area contributed by atoms with Gasteiger partial charge in [0.05, 0.1) is 5.69 Å². The first kappa shape index (κ1) is 17.1. The Kier molecular flexibility index (Phi) is 5.15. The van der Waals surface area contributed by atoms with Gasteiger partial charge >= 0.3 is 0 Å². The van der Waals surface area contributed by atoms with E-state index >= 15 is 0 Å². The predicted molar refractivity (Wildman–Crippen MR) is 81.2 cm³/mol. The summed E-state index contributed by atoms with van der Waals surface area (Å²) in [6.07, 6.45) is -0.984. The van der Waals surface area contributed by atoms with E-state index in [1.54, 1.807) is 25.1 Å². The Labute approximate surface area is 136 Å². The lowest BCUT2D eigenvalue weighted by Crippen LogP contribution is -2.30. The molecule has 0 spiro atoms. The highest BCUT2D eigenvalue weighted by molar-refractivity contribution is 6.30. The minimum absolute atomic E-state index is 0.433. The second-order valence-electron chi connectivity index (χ2n) is 4.88. The zero-order chi connectivity index (χ0) is 17.1. The summed E-state index contributed by atoms with van der Waals surface area (Å²) in [4.78, 5) is 12.0. The molecule has 0 bridgehead atoms. The van der Waals surface area contributed by atoms with Crippen molar-refractivity contribution in [3.05, 3.63) is 58.4 Å². The van der Waals surface area contributed by atoms with Crippen molar-refractivity contribution >= 4 is 23.2 Å². The smallest absolute Gasteiger partial charge is 0.265 e. The van der Waals surface area contributed by atoms with Gasteiger partial charge in [-0.05, 0) is 49.7 Å². The highest BCUT2D eigenvalue weighted by Crippen LogP contribution is 2.24. The van der Waals surface area contributed by atoms with Crippen LogP contribution in [0.5, 0.6) is 5.75 Å². The number of carbonyl (C=O) groups is 1. The minimum Gasteiger partial charge on any atom is -0.481 e. The molecule has 1 atom stereocenters. The van der Waals surface area contributed by atoms with Crippen LogP contribution in [0.3, 0.4) is 0 Å².